The minimum Gasteiger partial charge on any atom is -0.310 e. The second kappa shape index (κ2) is 6.44. The molecule has 100 valence electrons. The molecule has 0 bridgehead atoms. The Morgan fingerprint density at radius 1 is 1.24 bits per heavy atom. The number of thioether (sulfide) groups is 1. The second-order valence-electron chi connectivity index (χ2n) is 5.98. The van der Waals surface area contributed by atoms with E-state index in [1.54, 1.807) is 0 Å². The lowest BCUT2D eigenvalue weighted by Gasteiger charge is -2.34. The summed E-state index contributed by atoms with van der Waals surface area (Å²) in [5, 5.41) is 4.61. The summed E-state index contributed by atoms with van der Waals surface area (Å²) >= 11 is 2.08. The van der Waals surface area contributed by atoms with Crippen LogP contribution in [0, 0.1) is 0 Å². The molecule has 3 unspecified atom stereocenters. The van der Waals surface area contributed by atoms with Gasteiger partial charge in [0.15, 0.2) is 0 Å². The average molecular weight is 256 g/mol. The highest BCUT2D eigenvalue weighted by atomic mass is 32.2. The smallest absolute Gasteiger partial charge is 0.0209 e. The molecule has 2 aliphatic rings. The maximum Gasteiger partial charge on any atom is 0.0209 e. The van der Waals surface area contributed by atoms with Crippen molar-refractivity contribution in [3.8, 4) is 0 Å². The van der Waals surface area contributed by atoms with Gasteiger partial charge in [-0.05, 0) is 31.9 Å². The number of hydrogen-bond donors (Lipinski definition) is 1. The van der Waals surface area contributed by atoms with E-state index < -0.39 is 0 Å². The first-order chi connectivity index (χ1) is 8.19. The molecule has 1 N–H and O–H groups in total. The lowest BCUT2D eigenvalue weighted by atomic mass is 9.94. The predicted octanol–water partition coefficient (Wildman–Crippen LogP) is 2.73. The first kappa shape index (κ1) is 13.7. The SMILES string of the molecule is CSC1CCCC(N2CCC(NC(C)C)C2)C1. The lowest BCUT2D eigenvalue weighted by molar-refractivity contribution is 0.189. The van der Waals surface area contributed by atoms with Gasteiger partial charge in [0.25, 0.3) is 0 Å². The first-order valence-corrected chi connectivity index (χ1v) is 8.50. The van der Waals surface area contributed by atoms with Crippen molar-refractivity contribution in [1.29, 1.82) is 0 Å². The third kappa shape index (κ3) is 3.87. The number of nitrogens with one attached hydrogen (secondary N) is 1. The number of nitrogens with zero attached hydrogens (tertiary/aromatic N) is 1. The number of rotatable bonds is 4. The highest BCUT2D eigenvalue weighted by Gasteiger charge is 2.31. The van der Waals surface area contributed by atoms with E-state index in [0.29, 0.717) is 6.04 Å². The zero-order chi connectivity index (χ0) is 12.3. The van der Waals surface area contributed by atoms with E-state index in [2.05, 4.69) is 42.1 Å². The Balaban J connectivity index is 1.79. The zero-order valence-electron chi connectivity index (χ0n) is 11.6. The molecule has 1 saturated carbocycles. The second-order valence-corrected chi connectivity index (χ2v) is 7.12. The number of likely N-dealkylation sites (tertiary alicyclic amines) is 1. The molecule has 2 nitrogen and oxygen atoms in total. The standard InChI is InChI=1S/C14H28N2S/c1-11(2)15-12-7-8-16(10-12)13-5-4-6-14(9-13)17-3/h11-15H,4-10H2,1-3H3. The maximum atomic E-state index is 3.69. The maximum absolute atomic E-state index is 3.69. The highest BCUT2D eigenvalue weighted by Crippen LogP contribution is 2.31. The molecule has 17 heavy (non-hydrogen) atoms. The summed E-state index contributed by atoms with van der Waals surface area (Å²) in [7, 11) is 0. The van der Waals surface area contributed by atoms with Gasteiger partial charge in [-0.15, -0.1) is 0 Å². The summed E-state index contributed by atoms with van der Waals surface area (Å²) in [6.45, 7) is 7.11. The molecular formula is C14H28N2S. The molecule has 1 aliphatic carbocycles. The molecule has 0 radical (unpaired) electrons. The van der Waals surface area contributed by atoms with E-state index >= 15 is 0 Å². The van der Waals surface area contributed by atoms with Gasteiger partial charge < -0.3 is 5.32 Å². The van der Waals surface area contributed by atoms with Crippen LogP contribution in [0.15, 0.2) is 0 Å². The Bertz CT molecular complexity index is 232. The van der Waals surface area contributed by atoms with Crippen LogP contribution in [0.4, 0.5) is 0 Å². The summed E-state index contributed by atoms with van der Waals surface area (Å²) < 4.78 is 0. The van der Waals surface area contributed by atoms with Gasteiger partial charge in [0.1, 0.15) is 0 Å². The van der Waals surface area contributed by atoms with Crippen LogP contribution in [0.1, 0.15) is 46.0 Å². The van der Waals surface area contributed by atoms with E-state index in [9.17, 15) is 0 Å². The zero-order valence-corrected chi connectivity index (χ0v) is 12.4. The molecule has 0 aromatic heterocycles. The third-order valence-electron chi connectivity index (χ3n) is 4.24. The van der Waals surface area contributed by atoms with Crippen molar-refractivity contribution in [2.45, 2.75) is 69.3 Å². The molecule has 3 atom stereocenters. The topological polar surface area (TPSA) is 15.3 Å². The molecule has 1 saturated heterocycles. The Labute approximate surface area is 111 Å². The molecular weight excluding hydrogens is 228 g/mol. The third-order valence-corrected chi connectivity index (χ3v) is 5.33. The first-order valence-electron chi connectivity index (χ1n) is 7.22. The van der Waals surface area contributed by atoms with E-state index in [4.69, 9.17) is 0 Å². The van der Waals surface area contributed by atoms with Gasteiger partial charge in [-0.25, -0.2) is 0 Å². The molecule has 0 aromatic rings. The van der Waals surface area contributed by atoms with Crippen molar-refractivity contribution < 1.29 is 0 Å². The van der Waals surface area contributed by atoms with Crippen LogP contribution in [-0.4, -0.2) is 47.6 Å². The summed E-state index contributed by atoms with van der Waals surface area (Å²) in [5.74, 6) is 0. The molecule has 3 heteroatoms. The number of hydrogen-bond acceptors (Lipinski definition) is 3. The molecule has 0 aromatic carbocycles. The van der Waals surface area contributed by atoms with Gasteiger partial charge in [0.2, 0.25) is 0 Å². The molecule has 1 heterocycles. The minimum atomic E-state index is 0.630. The van der Waals surface area contributed by atoms with Crippen molar-refractivity contribution in [3.63, 3.8) is 0 Å². The fourth-order valence-corrected chi connectivity index (χ4v) is 4.21. The quantitative estimate of drug-likeness (QED) is 0.832. The Kier molecular flexibility index (Phi) is 5.19. The van der Waals surface area contributed by atoms with E-state index in [-0.39, 0.29) is 0 Å². The van der Waals surface area contributed by atoms with E-state index in [0.717, 1.165) is 17.3 Å². The monoisotopic (exact) mass is 256 g/mol. The molecule has 0 amide bonds. The van der Waals surface area contributed by atoms with Gasteiger partial charge in [0.05, 0.1) is 0 Å². The van der Waals surface area contributed by atoms with E-state index in [1.165, 1.54) is 45.2 Å². The summed E-state index contributed by atoms with van der Waals surface area (Å²) in [4.78, 5) is 2.75. The summed E-state index contributed by atoms with van der Waals surface area (Å²) in [6, 6.07) is 2.25. The van der Waals surface area contributed by atoms with Crippen LogP contribution >= 0.6 is 11.8 Å². The Hall–Kier alpha value is 0.270. The van der Waals surface area contributed by atoms with Crippen molar-refractivity contribution in [1.82, 2.24) is 10.2 Å². The Morgan fingerprint density at radius 3 is 2.76 bits per heavy atom. The van der Waals surface area contributed by atoms with Gasteiger partial charge in [0, 0.05) is 36.5 Å². The fourth-order valence-electron chi connectivity index (χ4n) is 3.39. The highest BCUT2D eigenvalue weighted by molar-refractivity contribution is 7.99. The molecule has 2 fully saturated rings. The van der Waals surface area contributed by atoms with Crippen LogP contribution in [-0.2, 0) is 0 Å². The summed E-state index contributed by atoms with van der Waals surface area (Å²) in [5.41, 5.74) is 0. The van der Waals surface area contributed by atoms with Crippen molar-refractivity contribution in [2.24, 2.45) is 0 Å². The van der Waals surface area contributed by atoms with Crippen molar-refractivity contribution in [3.05, 3.63) is 0 Å². The van der Waals surface area contributed by atoms with Crippen LogP contribution < -0.4 is 5.32 Å². The van der Waals surface area contributed by atoms with Crippen LogP contribution in [0.2, 0.25) is 0 Å². The molecule has 2 rings (SSSR count). The van der Waals surface area contributed by atoms with Crippen LogP contribution in [0.5, 0.6) is 0 Å². The predicted molar refractivity (Wildman–Crippen MR) is 77.8 cm³/mol. The van der Waals surface area contributed by atoms with Gasteiger partial charge in [-0.1, -0.05) is 20.3 Å². The van der Waals surface area contributed by atoms with Crippen molar-refractivity contribution >= 4 is 11.8 Å². The molecule has 1 aliphatic heterocycles. The van der Waals surface area contributed by atoms with Crippen LogP contribution in [0.3, 0.4) is 0 Å². The van der Waals surface area contributed by atoms with Gasteiger partial charge in [-0.2, -0.15) is 11.8 Å². The van der Waals surface area contributed by atoms with Gasteiger partial charge in [-0.3, -0.25) is 4.90 Å². The normalized spacial score (nSPS) is 35.6. The van der Waals surface area contributed by atoms with E-state index in [1.807, 2.05) is 0 Å². The average Bonchev–Trinajstić information content (AvgIpc) is 2.77. The fraction of sp³-hybridized carbons (Fsp3) is 1.00. The largest absolute Gasteiger partial charge is 0.310 e. The van der Waals surface area contributed by atoms with Crippen LogP contribution in [0.25, 0.3) is 0 Å². The van der Waals surface area contributed by atoms with Gasteiger partial charge >= 0.3 is 0 Å². The molecule has 0 spiro atoms. The minimum absolute atomic E-state index is 0.630. The Morgan fingerprint density at radius 2 is 2.06 bits per heavy atom. The van der Waals surface area contributed by atoms with Crippen molar-refractivity contribution in [2.75, 3.05) is 19.3 Å². The lowest BCUT2D eigenvalue weighted by Crippen LogP contribution is -2.41. The summed E-state index contributed by atoms with van der Waals surface area (Å²) in [6.07, 6.45) is 9.37.